The van der Waals surface area contributed by atoms with Crippen LogP contribution in [0.2, 0.25) is 0 Å². The summed E-state index contributed by atoms with van der Waals surface area (Å²) < 4.78 is 0. The Bertz CT molecular complexity index is 237. The number of ketones is 1. The van der Waals surface area contributed by atoms with Crippen LogP contribution in [0.25, 0.3) is 0 Å². The van der Waals surface area contributed by atoms with Crippen LogP contribution in [0.3, 0.4) is 0 Å². The van der Waals surface area contributed by atoms with E-state index < -0.39 is 0 Å². The van der Waals surface area contributed by atoms with Crippen molar-refractivity contribution in [2.24, 2.45) is 0 Å². The molecule has 92 valence electrons. The minimum Gasteiger partial charge on any atom is -0.293 e. The second-order valence-corrected chi connectivity index (χ2v) is 5.07. The third-order valence-corrected chi connectivity index (χ3v) is 3.79. The first-order valence-corrected chi connectivity index (χ1v) is 5.87. The van der Waals surface area contributed by atoms with Crippen molar-refractivity contribution < 1.29 is 4.79 Å². The lowest BCUT2D eigenvalue weighted by Crippen LogP contribution is -2.53. The maximum Gasteiger partial charge on any atom is 0.196 e. The number of hydrogen-bond acceptors (Lipinski definition) is 5. The minimum absolute atomic E-state index is 0.0481. The number of nitrogens with zero attached hydrogens (tertiary/aromatic N) is 4. The van der Waals surface area contributed by atoms with Crippen LogP contribution in [-0.4, -0.2) is 92.1 Å². The second-order valence-electron chi connectivity index (χ2n) is 5.07. The summed E-state index contributed by atoms with van der Waals surface area (Å²) in [6, 6.07) is 0. The van der Waals surface area contributed by atoms with Crippen molar-refractivity contribution in [1.29, 1.82) is 0 Å². The molecule has 0 bridgehead atoms. The van der Waals surface area contributed by atoms with Crippen molar-refractivity contribution in [2.45, 2.75) is 12.3 Å². The van der Waals surface area contributed by atoms with E-state index >= 15 is 0 Å². The van der Waals surface area contributed by atoms with Gasteiger partial charge in [0, 0.05) is 26.2 Å². The molecule has 0 spiro atoms. The molecular formula is C11H22N4O. The van der Waals surface area contributed by atoms with Crippen LogP contribution in [0.15, 0.2) is 0 Å². The summed E-state index contributed by atoms with van der Waals surface area (Å²) in [4.78, 5) is 21.1. The SMILES string of the molecule is CN1CCN(C)C1C(=O)C1N(C)CCN1C. The highest BCUT2D eigenvalue weighted by Gasteiger charge is 2.41. The second kappa shape index (κ2) is 4.41. The van der Waals surface area contributed by atoms with Crippen LogP contribution in [0.5, 0.6) is 0 Å². The zero-order valence-corrected chi connectivity index (χ0v) is 10.7. The summed E-state index contributed by atoms with van der Waals surface area (Å²) in [5.41, 5.74) is 0. The highest BCUT2D eigenvalue weighted by molar-refractivity contribution is 5.88. The third-order valence-electron chi connectivity index (χ3n) is 3.79. The molecule has 0 aromatic heterocycles. The monoisotopic (exact) mass is 226 g/mol. The third kappa shape index (κ3) is 1.88. The van der Waals surface area contributed by atoms with Gasteiger partial charge in [0.15, 0.2) is 5.78 Å². The molecule has 0 atom stereocenters. The van der Waals surface area contributed by atoms with E-state index in [9.17, 15) is 4.79 Å². The Hall–Kier alpha value is -0.490. The number of carbonyl (C=O) groups excluding carboxylic acids is 1. The van der Waals surface area contributed by atoms with Crippen molar-refractivity contribution in [3.05, 3.63) is 0 Å². The van der Waals surface area contributed by atoms with E-state index in [2.05, 4.69) is 19.6 Å². The van der Waals surface area contributed by atoms with Crippen molar-refractivity contribution in [3.63, 3.8) is 0 Å². The zero-order chi connectivity index (χ0) is 11.9. The average Bonchev–Trinajstić information content (AvgIpc) is 2.71. The fourth-order valence-corrected chi connectivity index (χ4v) is 2.80. The molecule has 5 nitrogen and oxygen atoms in total. The zero-order valence-electron chi connectivity index (χ0n) is 10.7. The van der Waals surface area contributed by atoms with E-state index in [0.717, 1.165) is 26.2 Å². The molecule has 0 aromatic rings. The van der Waals surface area contributed by atoms with Gasteiger partial charge in [0.1, 0.15) is 12.3 Å². The van der Waals surface area contributed by atoms with Gasteiger partial charge in [0.2, 0.25) is 0 Å². The first-order chi connectivity index (χ1) is 7.52. The first-order valence-electron chi connectivity index (χ1n) is 5.87. The molecule has 2 aliphatic rings. The largest absolute Gasteiger partial charge is 0.293 e. The highest BCUT2D eigenvalue weighted by atomic mass is 16.1. The highest BCUT2D eigenvalue weighted by Crippen LogP contribution is 2.18. The molecule has 2 saturated heterocycles. The number of carbonyl (C=O) groups is 1. The van der Waals surface area contributed by atoms with Gasteiger partial charge in [-0.1, -0.05) is 0 Å². The van der Waals surface area contributed by atoms with Crippen molar-refractivity contribution in [3.8, 4) is 0 Å². The van der Waals surface area contributed by atoms with Crippen LogP contribution < -0.4 is 0 Å². The first kappa shape index (κ1) is 12.0. The number of likely N-dealkylation sites (N-methyl/N-ethyl adjacent to an activating group) is 4. The average molecular weight is 226 g/mol. The van der Waals surface area contributed by atoms with Crippen LogP contribution in [0, 0.1) is 0 Å². The summed E-state index contributed by atoms with van der Waals surface area (Å²) in [5.74, 6) is 0.310. The molecule has 0 radical (unpaired) electrons. The van der Waals surface area contributed by atoms with Gasteiger partial charge in [-0.2, -0.15) is 0 Å². The molecule has 2 heterocycles. The van der Waals surface area contributed by atoms with Crippen LogP contribution in [0.4, 0.5) is 0 Å². The van der Waals surface area contributed by atoms with Gasteiger partial charge in [0.05, 0.1) is 0 Å². The lowest BCUT2D eigenvalue weighted by molar-refractivity contribution is -0.134. The van der Waals surface area contributed by atoms with E-state index in [-0.39, 0.29) is 12.3 Å². The maximum absolute atomic E-state index is 12.5. The smallest absolute Gasteiger partial charge is 0.196 e. The Kier molecular flexibility index (Phi) is 3.30. The number of rotatable bonds is 2. The Morgan fingerprint density at radius 1 is 0.750 bits per heavy atom. The molecule has 2 aliphatic heterocycles. The Morgan fingerprint density at radius 3 is 1.25 bits per heavy atom. The standard InChI is InChI=1S/C11H22N4O/c1-12-5-6-13(2)10(12)9(16)11-14(3)7-8-15(11)4/h10-11H,5-8H2,1-4H3. The van der Waals surface area contributed by atoms with Crippen LogP contribution in [-0.2, 0) is 4.79 Å². The van der Waals surface area contributed by atoms with Crippen molar-refractivity contribution >= 4 is 5.78 Å². The summed E-state index contributed by atoms with van der Waals surface area (Å²) in [5, 5.41) is 0. The van der Waals surface area contributed by atoms with E-state index in [1.165, 1.54) is 0 Å². The molecule has 0 amide bonds. The molecule has 0 aromatic carbocycles. The quantitative estimate of drug-likeness (QED) is 0.600. The van der Waals surface area contributed by atoms with Gasteiger partial charge < -0.3 is 0 Å². The lowest BCUT2D eigenvalue weighted by atomic mass is 10.2. The van der Waals surface area contributed by atoms with Gasteiger partial charge >= 0.3 is 0 Å². The lowest BCUT2D eigenvalue weighted by Gasteiger charge is -2.31. The molecular weight excluding hydrogens is 204 g/mol. The normalized spacial score (nSPS) is 28.2. The van der Waals surface area contributed by atoms with Gasteiger partial charge in [-0.05, 0) is 28.2 Å². The van der Waals surface area contributed by atoms with E-state index in [1.807, 2.05) is 28.2 Å². The summed E-state index contributed by atoms with van der Waals surface area (Å²) in [7, 11) is 8.12. The summed E-state index contributed by atoms with van der Waals surface area (Å²) in [6.07, 6.45) is -0.0963. The van der Waals surface area contributed by atoms with Gasteiger partial charge in [-0.15, -0.1) is 0 Å². The van der Waals surface area contributed by atoms with Gasteiger partial charge in [-0.25, -0.2) is 0 Å². The topological polar surface area (TPSA) is 30.0 Å². The molecule has 0 aliphatic carbocycles. The predicted molar refractivity (Wildman–Crippen MR) is 63.1 cm³/mol. The molecule has 2 rings (SSSR count). The molecule has 0 saturated carbocycles. The maximum atomic E-state index is 12.5. The van der Waals surface area contributed by atoms with Gasteiger partial charge in [-0.3, -0.25) is 24.4 Å². The van der Waals surface area contributed by atoms with Crippen molar-refractivity contribution in [1.82, 2.24) is 19.6 Å². The Morgan fingerprint density at radius 2 is 1.00 bits per heavy atom. The summed E-state index contributed by atoms with van der Waals surface area (Å²) in [6.45, 7) is 3.92. The van der Waals surface area contributed by atoms with E-state index in [1.54, 1.807) is 0 Å². The van der Waals surface area contributed by atoms with Gasteiger partial charge in [0.25, 0.3) is 0 Å². The Balaban J connectivity index is 2.12. The Labute approximate surface area is 97.6 Å². The molecule has 16 heavy (non-hydrogen) atoms. The van der Waals surface area contributed by atoms with E-state index in [0.29, 0.717) is 5.78 Å². The molecule has 0 unspecified atom stereocenters. The van der Waals surface area contributed by atoms with Crippen molar-refractivity contribution in [2.75, 3.05) is 54.4 Å². The minimum atomic E-state index is -0.0481. The van der Waals surface area contributed by atoms with Crippen LogP contribution >= 0.6 is 0 Å². The molecule has 5 heteroatoms. The summed E-state index contributed by atoms with van der Waals surface area (Å²) >= 11 is 0. The number of Topliss-reactive ketones (excluding diaryl/α,β-unsaturated/α-hetero) is 1. The van der Waals surface area contributed by atoms with E-state index in [4.69, 9.17) is 0 Å². The van der Waals surface area contributed by atoms with Crippen LogP contribution in [0.1, 0.15) is 0 Å². The molecule has 2 fully saturated rings. The molecule has 0 N–H and O–H groups in total. The fourth-order valence-electron chi connectivity index (χ4n) is 2.80. The fraction of sp³-hybridized carbons (Fsp3) is 0.909. The predicted octanol–water partition coefficient (Wildman–Crippen LogP) is -1.04. The number of hydrogen-bond donors (Lipinski definition) is 0.